The molecule has 7 rings (SSSR count). The fraction of sp³-hybridized carbons (Fsp3) is 0.122. The van der Waals surface area contributed by atoms with E-state index in [1.807, 2.05) is 0 Å². The van der Waals surface area contributed by atoms with Crippen LogP contribution in [0.5, 0.6) is 0 Å². The third-order valence-electron chi connectivity index (χ3n) is 8.62. The van der Waals surface area contributed by atoms with Gasteiger partial charge in [-0.15, -0.1) is 0 Å². The minimum Gasteiger partial charge on any atom is -0.0619 e. The van der Waals surface area contributed by atoms with Gasteiger partial charge in [0.2, 0.25) is 0 Å². The van der Waals surface area contributed by atoms with Crippen molar-refractivity contribution < 1.29 is 0 Å². The highest BCUT2D eigenvalue weighted by molar-refractivity contribution is 6.10. The maximum Gasteiger partial charge on any atom is -0.000683 e. The summed E-state index contributed by atoms with van der Waals surface area (Å²) in [7, 11) is 0. The van der Waals surface area contributed by atoms with Crippen molar-refractivity contribution in [3.63, 3.8) is 0 Å². The zero-order valence-corrected chi connectivity index (χ0v) is 24.3. The van der Waals surface area contributed by atoms with Gasteiger partial charge in [-0.25, -0.2) is 0 Å². The van der Waals surface area contributed by atoms with Gasteiger partial charge in [-0.3, -0.25) is 0 Å². The van der Waals surface area contributed by atoms with E-state index in [0.29, 0.717) is 0 Å². The van der Waals surface area contributed by atoms with Crippen LogP contribution in [0.2, 0.25) is 0 Å². The van der Waals surface area contributed by atoms with Gasteiger partial charge in [0.1, 0.15) is 0 Å². The molecule has 0 heteroatoms. The molecular formula is C41H34. The zero-order chi connectivity index (χ0) is 28.1. The van der Waals surface area contributed by atoms with Crippen molar-refractivity contribution in [1.29, 1.82) is 0 Å². The average Bonchev–Trinajstić information content (AvgIpc) is 3.37. The first-order valence-electron chi connectivity index (χ1n) is 14.6. The van der Waals surface area contributed by atoms with Crippen LogP contribution in [0.3, 0.4) is 0 Å². The molecule has 0 nitrogen and oxygen atoms in total. The standard InChI is InChI=1S/C41H34/c1-26-9-17-30(18-10-26)37-36-25-34-7-5-6-8-35(34)41(36)40(33-23-15-29(4)16-24-33)39(32-21-13-28(3)14-22-32)38(37)31-19-11-27(2)12-20-31/h5-24H,25H2,1-4H3. The summed E-state index contributed by atoms with van der Waals surface area (Å²) in [4.78, 5) is 0. The Hall–Kier alpha value is -4.68. The molecule has 0 amide bonds. The van der Waals surface area contributed by atoms with Crippen LogP contribution in [-0.2, 0) is 6.42 Å². The predicted molar refractivity (Wildman–Crippen MR) is 175 cm³/mol. The van der Waals surface area contributed by atoms with Crippen molar-refractivity contribution in [3.8, 4) is 55.6 Å². The number of rotatable bonds is 4. The highest BCUT2D eigenvalue weighted by atomic mass is 14.3. The molecule has 0 saturated carbocycles. The van der Waals surface area contributed by atoms with E-state index in [-0.39, 0.29) is 0 Å². The lowest BCUT2D eigenvalue weighted by atomic mass is 9.77. The van der Waals surface area contributed by atoms with Crippen LogP contribution in [0, 0.1) is 27.7 Å². The average molecular weight is 527 g/mol. The lowest BCUT2D eigenvalue weighted by Gasteiger charge is -2.26. The highest BCUT2D eigenvalue weighted by Crippen LogP contribution is 2.56. The van der Waals surface area contributed by atoms with E-state index in [9.17, 15) is 0 Å². The summed E-state index contributed by atoms with van der Waals surface area (Å²) >= 11 is 0. The second-order valence-electron chi connectivity index (χ2n) is 11.7. The normalized spacial score (nSPS) is 11.8. The number of benzene rings is 6. The van der Waals surface area contributed by atoms with E-state index in [1.165, 1.54) is 89.0 Å². The number of aryl methyl sites for hydroxylation is 4. The molecule has 1 aliphatic rings. The summed E-state index contributed by atoms with van der Waals surface area (Å²) in [6.45, 7) is 8.68. The van der Waals surface area contributed by atoms with Crippen LogP contribution in [0.4, 0.5) is 0 Å². The summed E-state index contributed by atoms with van der Waals surface area (Å²) in [5, 5.41) is 0. The fourth-order valence-electron chi connectivity index (χ4n) is 6.45. The molecule has 41 heavy (non-hydrogen) atoms. The van der Waals surface area contributed by atoms with Gasteiger partial charge in [0.05, 0.1) is 0 Å². The Bertz CT molecular complexity index is 1880. The fourth-order valence-corrected chi connectivity index (χ4v) is 6.45. The monoisotopic (exact) mass is 526 g/mol. The Morgan fingerprint density at radius 2 is 0.683 bits per heavy atom. The molecule has 0 fully saturated rings. The molecule has 198 valence electrons. The Labute approximate surface area is 244 Å². The van der Waals surface area contributed by atoms with Crippen molar-refractivity contribution in [2.75, 3.05) is 0 Å². The SMILES string of the molecule is Cc1ccc(-c2c3c(c(-c4ccc(C)cc4)c(-c4ccc(C)cc4)c2-c2ccc(C)cc2)-c2ccccc2C3)cc1. The molecule has 0 N–H and O–H groups in total. The first-order valence-corrected chi connectivity index (χ1v) is 14.6. The maximum absolute atomic E-state index is 2.32. The van der Waals surface area contributed by atoms with Gasteiger partial charge in [-0.1, -0.05) is 144 Å². The van der Waals surface area contributed by atoms with Crippen LogP contribution in [0.25, 0.3) is 55.6 Å². The molecule has 0 heterocycles. The maximum atomic E-state index is 2.32. The second kappa shape index (κ2) is 10.1. The lowest BCUT2D eigenvalue weighted by molar-refractivity contribution is 1.26. The largest absolute Gasteiger partial charge is 0.0619 e. The second-order valence-corrected chi connectivity index (χ2v) is 11.7. The minimum atomic E-state index is 0.931. The van der Waals surface area contributed by atoms with E-state index < -0.39 is 0 Å². The third-order valence-corrected chi connectivity index (χ3v) is 8.62. The van der Waals surface area contributed by atoms with Gasteiger partial charge in [0, 0.05) is 0 Å². The summed E-state index contributed by atoms with van der Waals surface area (Å²) in [5.74, 6) is 0. The Morgan fingerprint density at radius 1 is 0.341 bits per heavy atom. The molecule has 6 aromatic carbocycles. The number of fused-ring (bicyclic) bond motifs is 3. The van der Waals surface area contributed by atoms with Gasteiger partial charge in [-0.2, -0.15) is 0 Å². The van der Waals surface area contributed by atoms with Crippen LogP contribution in [-0.4, -0.2) is 0 Å². The van der Waals surface area contributed by atoms with Crippen molar-refractivity contribution in [1.82, 2.24) is 0 Å². The molecule has 0 unspecified atom stereocenters. The summed E-state index contributed by atoms with van der Waals surface area (Å²) in [5.41, 5.74) is 21.0. The van der Waals surface area contributed by atoms with Crippen LogP contribution in [0.15, 0.2) is 121 Å². The van der Waals surface area contributed by atoms with Gasteiger partial charge in [0.25, 0.3) is 0 Å². The van der Waals surface area contributed by atoms with Crippen molar-refractivity contribution in [2.45, 2.75) is 34.1 Å². The molecule has 0 saturated heterocycles. The first-order chi connectivity index (χ1) is 20.0. The molecule has 0 bridgehead atoms. The summed E-state index contributed by atoms with van der Waals surface area (Å²) < 4.78 is 0. The molecule has 0 atom stereocenters. The Balaban J connectivity index is 1.72. The molecule has 0 aliphatic heterocycles. The van der Waals surface area contributed by atoms with E-state index >= 15 is 0 Å². The lowest BCUT2D eigenvalue weighted by Crippen LogP contribution is -2.01. The summed E-state index contributed by atoms with van der Waals surface area (Å²) in [6, 6.07) is 45.5. The van der Waals surface area contributed by atoms with Gasteiger partial charge in [-0.05, 0) is 101 Å². The highest BCUT2D eigenvalue weighted by Gasteiger charge is 2.32. The molecular weight excluding hydrogens is 492 g/mol. The Kier molecular flexibility index (Phi) is 6.20. The van der Waals surface area contributed by atoms with Crippen molar-refractivity contribution in [2.24, 2.45) is 0 Å². The molecule has 0 radical (unpaired) electrons. The van der Waals surface area contributed by atoms with E-state index in [1.54, 1.807) is 0 Å². The predicted octanol–water partition coefficient (Wildman–Crippen LogP) is 11.2. The minimum absolute atomic E-state index is 0.931. The molecule has 0 spiro atoms. The topological polar surface area (TPSA) is 0 Å². The summed E-state index contributed by atoms with van der Waals surface area (Å²) in [6.07, 6.45) is 0.931. The first kappa shape index (κ1) is 25.3. The van der Waals surface area contributed by atoms with E-state index in [2.05, 4.69) is 149 Å². The number of hydrogen-bond acceptors (Lipinski definition) is 0. The quantitative estimate of drug-likeness (QED) is 0.214. The van der Waals surface area contributed by atoms with E-state index in [4.69, 9.17) is 0 Å². The van der Waals surface area contributed by atoms with Crippen LogP contribution >= 0.6 is 0 Å². The molecule has 6 aromatic rings. The smallest absolute Gasteiger partial charge is 0.000683 e. The zero-order valence-electron chi connectivity index (χ0n) is 24.3. The van der Waals surface area contributed by atoms with Crippen LogP contribution < -0.4 is 0 Å². The molecule has 0 aromatic heterocycles. The van der Waals surface area contributed by atoms with Crippen LogP contribution in [0.1, 0.15) is 33.4 Å². The third kappa shape index (κ3) is 4.41. The van der Waals surface area contributed by atoms with E-state index in [0.717, 1.165) is 6.42 Å². The molecule has 1 aliphatic carbocycles. The van der Waals surface area contributed by atoms with Crippen molar-refractivity contribution in [3.05, 3.63) is 155 Å². The van der Waals surface area contributed by atoms with Crippen molar-refractivity contribution >= 4 is 0 Å². The van der Waals surface area contributed by atoms with Gasteiger partial charge in [0.15, 0.2) is 0 Å². The van der Waals surface area contributed by atoms with Gasteiger partial charge >= 0.3 is 0 Å². The Morgan fingerprint density at radius 3 is 1.12 bits per heavy atom. The van der Waals surface area contributed by atoms with Gasteiger partial charge < -0.3 is 0 Å². The number of hydrogen-bond donors (Lipinski definition) is 0.